The number of hydrogen-bond donors (Lipinski definition) is 4. The number of unbranched alkanes of at least 4 members (excludes halogenated alkanes) is 1. The molecule has 2 saturated heterocycles. The van der Waals surface area contributed by atoms with E-state index in [0.29, 0.717) is 38.0 Å². The van der Waals surface area contributed by atoms with Crippen molar-refractivity contribution < 1.29 is 34.4 Å². The number of aliphatic hydroxyl groups excluding tert-OH is 2. The Morgan fingerprint density at radius 1 is 1.03 bits per heavy atom. The third kappa shape index (κ3) is 8.08. The number of β-amino-alcohol motifs (C(OH)–C–C–N with tert-alkyl or cyclic N) is 1. The number of anilines is 1. The fraction of sp³-hybridized carbons (Fsp3) is 0.500. The molecule has 0 aromatic heterocycles. The molecule has 0 aliphatic carbocycles. The van der Waals surface area contributed by atoms with E-state index in [1.54, 1.807) is 6.07 Å². The maximum Gasteiger partial charge on any atom is 0.303 e. The van der Waals surface area contributed by atoms with Crippen molar-refractivity contribution in [3.8, 4) is 0 Å². The van der Waals surface area contributed by atoms with E-state index in [0.717, 1.165) is 29.7 Å². The molecule has 2 aromatic rings. The number of ether oxygens (including phenoxy) is 2. The van der Waals surface area contributed by atoms with Crippen molar-refractivity contribution in [1.82, 2.24) is 4.90 Å². The van der Waals surface area contributed by atoms with Crippen LogP contribution in [0.2, 0.25) is 0 Å². The van der Waals surface area contributed by atoms with Crippen LogP contribution in [0.3, 0.4) is 0 Å². The lowest BCUT2D eigenvalue weighted by molar-refractivity contribution is -0.252. The lowest BCUT2D eigenvalue weighted by atomic mass is 9.99. The first-order valence-corrected chi connectivity index (χ1v) is 12.9. The molecular weight excluding hydrogens is 476 g/mol. The summed E-state index contributed by atoms with van der Waals surface area (Å²) >= 11 is 0. The van der Waals surface area contributed by atoms with Gasteiger partial charge in [0, 0.05) is 50.1 Å². The molecule has 9 nitrogen and oxygen atoms in total. The van der Waals surface area contributed by atoms with Crippen molar-refractivity contribution in [1.29, 1.82) is 0 Å². The Kier molecular flexibility index (Phi) is 9.65. The smallest absolute Gasteiger partial charge is 0.303 e. The maximum absolute atomic E-state index is 12.3. The maximum atomic E-state index is 12.3. The Labute approximate surface area is 217 Å². The number of nitrogens with zero attached hydrogens (tertiary/aromatic N) is 1. The first-order chi connectivity index (χ1) is 17.9. The van der Waals surface area contributed by atoms with Gasteiger partial charge >= 0.3 is 5.97 Å². The van der Waals surface area contributed by atoms with E-state index in [2.05, 4.69) is 10.2 Å². The molecule has 0 spiro atoms. The average molecular weight is 513 g/mol. The molecular formula is C28H36N2O7. The van der Waals surface area contributed by atoms with E-state index in [1.165, 1.54) is 0 Å². The number of carboxylic acid groups (broad SMARTS) is 1. The van der Waals surface area contributed by atoms with Gasteiger partial charge in [0.1, 0.15) is 0 Å². The van der Waals surface area contributed by atoms with E-state index < -0.39 is 12.3 Å². The number of benzene rings is 2. The molecule has 2 fully saturated rings. The van der Waals surface area contributed by atoms with Crippen LogP contribution in [0.4, 0.5) is 5.69 Å². The predicted molar refractivity (Wildman–Crippen MR) is 137 cm³/mol. The van der Waals surface area contributed by atoms with E-state index in [9.17, 15) is 19.8 Å². The number of carbonyl (C=O) groups excluding carboxylic acids is 1. The predicted octanol–water partition coefficient (Wildman–Crippen LogP) is 3.37. The van der Waals surface area contributed by atoms with Gasteiger partial charge in [0.15, 0.2) is 6.29 Å². The number of likely N-dealkylation sites (tertiary alicyclic amines) is 1. The van der Waals surface area contributed by atoms with Gasteiger partial charge in [-0.2, -0.15) is 0 Å². The van der Waals surface area contributed by atoms with E-state index in [1.807, 2.05) is 42.5 Å². The van der Waals surface area contributed by atoms with Gasteiger partial charge in [-0.15, -0.1) is 0 Å². The Bertz CT molecular complexity index is 1050. The molecule has 0 bridgehead atoms. The largest absolute Gasteiger partial charge is 0.481 e. The molecule has 2 aliphatic heterocycles. The van der Waals surface area contributed by atoms with Crippen LogP contribution in [0.25, 0.3) is 0 Å². The average Bonchev–Trinajstić information content (AvgIpc) is 3.30. The summed E-state index contributed by atoms with van der Waals surface area (Å²) in [6, 6.07) is 15.1. The van der Waals surface area contributed by atoms with Crippen molar-refractivity contribution in [2.75, 3.05) is 25.0 Å². The molecule has 2 aliphatic rings. The topological polar surface area (TPSA) is 129 Å². The van der Waals surface area contributed by atoms with Gasteiger partial charge in [-0.05, 0) is 42.5 Å². The zero-order chi connectivity index (χ0) is 26.2. The molecule has 2 heterocycles. The lowest BCUT2D eigenvalue weighted by Crippen LogP contribution is -2.38. The molecule has 9 heteroatoms. The number of hydrogen-bond acceptors (Lipinski definition) is 7. The lowest BCUT2D eigenvalue weighted by Gasteiger charge is -2.38. The molecule has 37 heavy (non-hydrogen) atoms. The quantitative estimate of drug-likeness (QED) is 0.338. The van der Waals surface area contributed by atoms with Crippen LogP contribution in [-0.4, -0.2) is 63.9 Å². The zero-order valence-electron chi connectivity index (χ0n) is 20.9. The number of aliphatic hydroxyl groups is 2. The van der Waals surface area contributed by atoms with Gasteiger partial charge in [-0.3, -0.25) is 14.5 Å². The van der Waals surface area contributed by atoms with Crippen molar-refractivity contribution >= 4 is 17.6 Å². The van der Waals surface area contributed by atoms with Crippen LogP contribution in [-0.2, 0) is 25.7 Å². The van der Waals surface area contributed by atoms with Crippen molar-refractivity contribution in [3.63, 3.8) is 0 Å². The number of amides is 1. The summed E-state index contributed by atoms with van der Waals surface area (Å²) in [5, 5.41) is 31.0. The molecule has 4 atom stereocenters. The number of carboxylic acids is 1. The molecule has 4 rings (SSSR count). The van der Waals surface area contributed by atoms with Gasteiger partial charge in [0.2, 0.25) is 5.91 Å². The van der Waals surface area contributed by atoms with Gasteiger partial charge in [-0.25, -0.2) is 0 Å². The Hall–Kier alpha value is -2.82. The number of aliphatic carboxylic acids is 1. The summed E-state index contributed by atoms with van der Waals surface area (Å²) in [5.74, 6) is -1.03. The molecule has 0 radical (unpaired) electrons. The van der Waals surface area contributed by atoms with Gasteiger partial charge in [0.25, 0.3) is 0 Å². The highest BCUT2D eigenvalue weighted by Crippen LogP contribution is 2.39. The van der Waals surface area contributed by atoms with Crippen molar-refractivity contribution in [2.45, 2.75) is 69.7 Å². The second-order valence-corrected chi connectivity index (χ2v) is 9.83. The van der Waals surface area contributed by atoms with Crippen LogP contribution < -0.4 is 5.32 Å². The molecule has 0 unspecified atom stereocenters. The summed E-state index contributed by atoms with van der Waals surface area (Å²) in [5.41, 5.74) is 3.25. The fourth-order valence-corrected chi connectivity index (χ4v) is 4.85. The first-order valence-electron chi connectivity index (χ1n) is 12.9. The minimum absolute atomic E-state index is 0.0183. The number of rotatable bonds is 11. The summed E-state index contributed by atoms with van der Waals surface area (Å²) in [4.78, 5) is 25.2. The Balaban J connectivity index is 1.44. The second-order valence-electron chi connectivity index (χ2n) is 9.83. The highest BCUT2D eigenvalue weighted by Gasteiger charge is 2.34. The van der Waals surface area contributed by atoms with Crippen LogP contribution in [0, 0.1) is 0 Å². The van der Waals surface area contributed by atoms with E-state index in [-0.39, 0.29) is 43.7 Å². The third-order valence-corrected chi connectivity index (χ3v) is 6.81. The number of carbonyl (C=O) groups is 2. The summed E-state index contributed by atoms with van der Waals surface area (Å²) < 4.78 is 12.8. The van der Waals surface area contributed by atoms with Gasteiger partial charge < -0.3 is 30.1 Å². The molecule has 2 aromatic carbocycles. The Morgan fingerprint density at radius 3 is 2.51 bits per heavy atom. The van der Waals surface area contributed by atoms with Crippen LogP contribution in [0.5, 0.6) is 0 Å². The SMILES string of the molecule is O=C(O)CCCCC(=O)Nc1cccc([C@@H]2O[C@H](CN3CC[C@H](O)C3)C[C@H](c3ccc(CO)cc3)O2)c1. The molecule has 1 amide bonds. The second kappa shape index (κ2) is 13.1. The fourth-order valence-electron chi connectivity index (χ4n) is 4.85. The van der Waals surface area contributed by atoms with Gasteiger partial charge in [-0.1, -0.05) is 36.4 Å². The summed E-state index contributed by atoms with van der Waals surface area (Å²) in [7, 11) is 0. The van der Waals surface area contributed by atoms with Crippen LogP contribution in [0.1, 0.15) is 67.6 Å². The summed E-state index contributed by atoms with van der Waals surface area (Å²) in [6.45, 7) is 2.13. The highest BCUT2D eigenvalue weighted by molar-refractivity contribution is 5.90. The molecule has 0 saturated carbocycles. The van der Waals surface area contributed by atoms with Crippen molar-refractivity contribution in [3.05, 3.63) is 65.2 Å². The normalized spacial score (nSPS) is 24.2. The number of nitrogens with one attached hydrogen (secondary N) is 1. The highest BCUT2D eigenvalue weighted by atomic mass is 16.7. The van der Waals surface area contributed by atoms with Crippen LogP contribution >= 0.6 is 0 Å². The van der Waals surface area contributed by atoms with E-state index >= 15 is 0 Å². The standard InChI is InChI=1S/C28H36N2O7/c31-18-19-8-10-20(11-9-19)25-15-24(17-30-13-12-23(32)16-30)36-28(37-25)21-4-3-5-22(14-21)29-26(33)6-1-2-7-27(34)35/h3-5,8-11,14,23-25,28,31-32H,1-2,6-7,12-13,15-18H2,(H,29,33)(H,34,35)/t23-,24-,25+,28+/m0/s1. The minimum atomic E-state index is -0.859. The molecule has 200 valence electrons. The first kappa shape index (κ1) is 27.2. The third-order valence-electron chi connectivity index (χ3n) is 6.81. The van der Waals surface area contributed by atoms with Crippen LogP contribution in [0.15, 0.2) is 48.5 Å². The van der Waals surface area contributed by atoms with Gasteiger partial charge in [0.05, 0.1) is 24.9 Å². The monoisotopic (exact) mass is 512 g/mol. The minimum Gasteiger partial charge on any atom is -0.481 e. The Morgan fingerprint density at radius 2 is 1.81 bits per heavy atom. The summed E-state index contributed by atoms with van der Waals surface area (Å²) in [6.07, 6.45) is 1.44. The molecule has 4 N–H and O–H groups in total. The van der Waals surface area contributed by atoms with E-state index in [4.69, 9.17) is 14.6 Å². The zero-order valence-corrected chi connectivity index (χ0v) is 20.9. The van der Waals surface area contributed by atoms with Crippen molar-refractivity contribution in [2.24, 2.45) is 0 Å².